The number of fused-ring (bicyclic) bond motifs is 2. The van der Waals surface area contributed by atoms with E-state index in [-0.39, 0.29) is 55.9 Å². The largest absolute Gasteiger partial charge is 0.455 e. The van der Waals surface area contributed by atoms with Crippen molar-refractivity contribution in [1.29, 1.82) is 0 Å². The second-order valence-corrected chi connectivity index (χ2v) is 15.6. The van der Waals surface area contributed by atoms with Crippen molar-refractivity contribution in [3.8, 4) is 0 Å². The summed E-state index contributed by atoms with van der Waals surface area (Å²) in [4.78, 5) is 60.6. The number of rotatable bonds is 9. The molecule has 0 unspecified atom stereocenters. The number of aliphatic hydroxyl groups excluding tert-OH is 1. The first-order valence-electron chi connectivity index (χ1n) is 17.5. The van der Waals surface area contributed by atoms with Crippen LogP contribution in [0.15, 0.2) is 54.6 Å². The Morgan fingerprint density at radius 3 is 2.43 bits per heavy atom. The Balaban J connectivity index is 1.61. The Bertz CT molecular complexity index is 1440. The molecule has 4 aliphatic rings. The number of methoxy groups -OCH3 is 1. The zero-order valence-electron chi connectivity index (χ0n) is 29.7. The molecular formula is C38H53N3O8. The molecule has 3 amide bonds. The zero-order chi connectivity index (χ0) is 35.6. The molecule has 7 atom stereocenters. The van der Waals surface area contributed by atoms with E-state index >= 15 is 4.79 Å². The number of carbonyl (C=O) groups is 4. The number of carbonyl (C=O) groups excluding carboxylic acids is 4. The third-order valence-electron chi connectivity index (χ3n) is 10.1. The Kier molecular flexibility index (Phi) is 11.1. The average Bonchev–Trinajstić information content (AvgIpc) is 3.67. The van der Waals surface area contributed by atoms with Crippen LogP contribution in [0, 0.1) is 17.3 Å². The van der Waals surface area contributed by atoms with Gasteiger partial charge in [-0.15, -0.1) is 0 Å². The molecule has 2 N–H and O–H groups in total. The topological polar surface area (TPSA) is 135 Å². The fourth-order valence-electron chi connectivity index (χ4n) is 8.43. The molecule has 1 spiro atoms. The third kappa shape index (κ3) is 7.49. The van der Waals surface area contributed by atoms with Crippen molar-refractivity contribution in [3.05, 3.63) is 60.2 Å². The smallest absolute Gasteiger partial charge is 0.313 e. The number of allylic oxidation sites excluding steroid dienone is 1. The summed E-state index contributed by atoms with van der Waals surface area (Å²) in [6, 6.07) is 7.43. The molecule has 0 aromatic heterocycles. The molecular weight excluding hydrogens is 626 g/mol. The summed E-state index contributed by atoms with van der Waals surface area (Å²) in [6.07, 6.45) is 7.96. The van der Waals surface area contributed by atoms with Gasteiger partial charge in [-0.1, -0.05) is 75.4 Å². The number of unbranched alkanes of at least 4 members (excludes halogenated alkanes) is 1. The van der Waals surface area contributed by atoms with Gasteiger partial charge in [-0.05, 0) is 50.5 Å². The second kappa shape index (κ2) is 14.7. The minimum absolute atomic E-state index is 0.0434. The molecule has 2 fully saturated rings. The van der Waals surface area contributed by atoms with E-state index in [1.165, 1.54) is 7.11 Å². The molecule has 5 bridgehead atoms. The summed E-state index contributed by atoms with van der Waals surface area (Å²) in [5, 5.41) is 12.6. The van der Waals surface area contributed by atoms with Crippen LogP contribution in [0.4, 0.5) is 0 Å². The van der Waals surface area contributed by atoms with E-state index in [4.69, 9.17) is 14.2 Å². The van der Waals surface area contributed by atoms with Gasteiger partial charge in [0.05, 0.1) is 24.7 Å². The van der Waals surface area contributed by atoms with Crippen LogP contribution in [0.2, 0.25) is 0 Å². The third-order valence-corrected chi connectivity index (χ3v) is 10.1. The van der Waals surface area contributed by atoms with Crippen molar-refractivity contribution in [2.24, 2.45) is 17.3 Å². The first-order chi connectivity index (χ1) is 23.2. The molecule has 11 nitrogen and oxygen atoms in total. The lowest BCUT2D eigenvalue weighted by atomic mass is 9.74. The minimum Gasteiger partial charge on any atom is -0.455 e. The number of nitrogens with zero attached hydrogens (tertiary/aromatic N) is 2. The summed E-state index contributed by atoms with van der Waals surface area (Å²) in [5.41, 5.74) is -1.43. The number of likely N-dealkylation sites (tertiary alicyclic amines) is 1. The van der Waals surface area contributed by atoms with Crippen molar-refractivity contribution < 1.29 is 38.5 Å². The first-order valence-corrected chi connectivity index (χ1v) is 17.5. The summed E-state index contributed by atoms with van der Waals surface area (Å²) in [6.45, 7) is 11.0. The van der Waals surface area contributed by atoms with Gasteiger partial charge in [-0.3, -0.25) is 19.2 Å². The average molecular weight is 680 g/mol. The minimum atomic E-state index is -1.36. The van der Waals surface area contributed by atoms with Crippen molar-refractivity contribution >= 4 is 23.7 Å². The van der Waals surface area contributed by atoms with E-state index in [1.807, 2.05) is 61.2 Å². The maximum atomic E-state index is 15.1. The Morgan fingerprint density at radius 2 is 1.76 bits per heavy atom. The molecule has 49 heavy (non-hydrogen) atoms. The number of hydrogen-bond acceptors (Lipinski definition) is 8. The van der Waals surface area contributed by atoms with E-state index in [9.17, 15) is 19.5 Å². The molecule has 4 aliphatic heterocycles. The quantitative estimate of drug-likeness (QED) is 0.229. The SMILES string of the molecule is COC[C@H]1NC(=O)CC/C=C\CN(C(C)(C)CC(C)(C)C)C(=O)[C@@H]2N(CCCCO)C(=O)[C@H]3[C@H](C(=O)O[C@@H]1c1ccccc1)[C@@H]1C=C[C@]23O1. The number of benzene rings is 1. The molecule has 4 heterocycles. The molecule has 268 valence electrons. The lowest BCUT2D eigenvalue weighted by Gasteiger charge is -2.45. The molecule has 0 saturated carbocycles. The monoisotopic (exact) mass is 679 g/mol. The van der Waals surface area contributed by atoms with Crippen LogP contribution >= 0.6 is 0 Å². The number of esters is 1. The Morgan fingerprint density at radius 1 is 1.02 bits per heavy atom. The number of aliphatic hydroxyl groups is 1. The second-order valence-electron chi connectivity index (χ2n) is 15.6. The van der Waals surface area contributed by atoms with Gasteiger partial charge in [0.1, 0.15) is 23.7 Å². The molecule has 0 aliphatic carbocycles. The normalized spacial score (nSPS) is 31.6. The van der Waals surface area contributed by atoms with Crippen LogP contribution in [0.3, 0.4) is 0 Å². The van der Waals surface area contributed by atoms with Crippen LogP contribution in [0.5, 0.6) is 0 Å². The molecule has 1 aromatic rings. The van der Waals surface area contributed by atoms with Crippen molar-refractivity contribution in [2.75, 3.05) is 33.4 Å². The van der Waals surface area contributed by atoms with Crippen LogP contribution in [0.25, 0.3) is 0 Å². The predicted octanol–water partition coefficient (Wildman–Crippen LogP) is 3.72. The van der Waals surface area contributed by atoms with E-state index in [2.05, 4.69) is 26.1 Å². The first kappa shape index (κ1) is 36.7. The Labute approximate surface area is 290 Å². The lowest BCUT2D eigenvalue weighted by Crippen LogP contribution is -2.60. The predicted molar refractivity (Wildman–Crippen MR) is 183 cm³/mol. The van der Waals surface area contributed by atoms with Crippen LogP contribution in [-0.2, 0) is 33.4 Å². The van der Waals surface area contributed by atoms with Gasteiger partial charge in [0.15, 0.2) is 0 Å². The van der Waals surface area contributed by atoms with E-state index in [0.29, 0.717) is 31.2 Å². The lowest BCUT2D eigenvalue weighted by molar-refractivity contribution is -0.162. The van der Waals surface area contributed by atoms with Gasteiger partial charge in [-0.2, -0.15) is 0 Å². The number of cyclic esters (lactones) is 1. The van der Waals surface area contributed by atoms with Gasteiger partial charge >= 0.3 is 5.97 Å². The number of ether oxygens (including phenoxy) is 3. The van der Waals surface area contributed by atoms with Gasteiger partial charge in [0.2, 0.25) is 17.7 Å². The van der Waals surface area contributed by atoms with Gasteiger partial charge < -0.3 is 34.4 Å². The summed E-state index contributed by atoms with van der Waals surface area (Å²) < 4.78 is 18.4. The number of hydrogen-bond donors (Lipinski definition) is 2. The van der Waals surface area contributed by atoms with Crippen molar-refractivity contribution in [1.82, 2.24) is 15.1 Å². The van der Waals surface area contributed by atoms with Crippen LogP contribution < -0.4 is 5.32 Å². The fourth-order valence-corrected chi connectivity index (χ4v) is 8.43. The van der Waals surface area contributed by atoms with Gasteiger partial charge in [0, 0.05) is 38.8 Å². The zero-order valence-corrected chi connectivity index (χ0v) is 29.7. The summed E-state index contributed by atoms with van der Waals surface area (Å²) in [5.74, 6) is -3.46. The highest BCUT2D eigenvalue weighted by Gasteiger charge is 2.73. The highest BCUT2D eigenvalue weighted by molar-refractivity contribution is 5.99. The molecule has 2 saturated heterocycles. The molecule has 0 radical (unpaired) electrons. The standard InChI is InChI=1S/C38H53N3O8/c1-36(2,3)24-37(4,5)41-21-12-8-11-17-28(43)39-26(23-47-6)31(25-15-9-7-10-16-25)48-35(46)29-27-18-19-38(49-27)30(29)33(44)40(20-13-14-22-42)32(38)34(41)45/h7-10,12,15-16,18-19,26-27,29-32,42H,11,13-14,17,20-24H2,1-6H3,(H,39,43)/b12-8-/t26-,27+,29-,30-,31-,32+,38-/m1/s1. The molecule has 5 rings (SSSR count). The maximum absolute atomic E-state index is 15.1. The Hall–Kier alpha value is -3.54. The summed E-state index contributed by atoms with van der Waals surface area (Å²) >= 11 is 0. The molecule has 11 heteroatoms. The maximum Gasteiger partial charge on any atom is 0.313 e. The molecule has 1 aromatic carbocycles. The van der Waals surface area contributed by atoms with E-state index < -0.39 is 53.2 Å². The summed E-state index contributed by atoms with van der Waals surface area (Å²) in [7, 11) is 1.52. The van der Waals surface area contributed by atoms with E-state index in [0.717, 1.165) is 0 Å². The fraction of sp³-hybridized carbons (Fsp3) is 0.632. The van der Waals surface area contributed by atoms with Gasteiger partial charge in [0.25, 0.3) is 0 Å². The van der Waals surface area contributed by atoms with Gasteiger partial charge in [-0.25, -0.2) is 0 Å². The van der Waals surface area contributed by atoms with Crippen LogP contribution in [0.1, 0.15) is 78.4 Å². The van der Waals surface area contributed by atoms with E-state index in [1.54, 1.807) is 17.1 Å². The highest BCUT2D eigenvalue weighted by atomic mass is 16.6. The number of nitrogens with one attached hydrogen (secondary N) is 1. The number of amides is 3. The van der Waals surface area contributed by atoms with Crippen molar-refractivity contribution in [2.45, 2.75) is 102 Å². The van der Waals surface area contributed by atoms with Crippen molar-refractivity contribution in [3.63, 3.8) is 0 Å². The highest BCUT2D eigenvalue weighted by Crippen LogP contribution is 2.56. The van der Waals surface area contributed by atoms with Crippen LogP contribution in [-0.4, -0.2) is 101 Å².